The third-order valence-electron chi connectivity index (χ3n) is 3.20. The maximum absolute atomic E-state index is 11.9. The summed E-state index contributed by atoms with van der Waals surface area (Å²) in [5, 5.41) is 7.15. The zero-order valence-electron chi connectivity index (χ0n) is 11.3. The molecule has 1 saturated heterocycles. The zero-order valence-corrected chi connectivity index (χ0v) is 11.3. The van der Waals surface area contributed by atoms with Gasteiger partial charge in [0.25, 0.3) is 0 Å². The predicted octanol–water partition coefficient (Wildman–Crippen LogP) is 1.47. The molecule has 1 fully saturated rings. The fourth-order valence-electron chi connectivity index (χ4n) is 2.22. The van der Waals surface area contributed by atoms with Gasteiger partial charge in [0.1, 0.15) is 5.82 Å². The van der Waals surface area contributed by atoms with E-state index in [2.05, 4.69) is 20.4 Å². The summed E-state index contributed by atoms with van der Waals surface area (Å²) >= 11 is 0. The first-order chi connectivity index (χ1) is 9.72. The van der Waals surface area contributed by atoms with E-state index in [9.17, 15) is 4.79 Å². The molecule has 0 aromatic carbocycles. The summed E-state index contributed by atoms with van der Waals surface area (Å²) in [6, 6.07) is 1.76. The second-order valence-electron chi connectivity index (χ2n) is 4.77. The number of aryl methyl sites for hydroxylation is 1. The van der Waals surface area contributed by atoms with E-state index in [1.54, 1.807) is 28.0 Å². The Morgan fingerprint density at radius 3 is 3.00 bits per heavy atom. The van der Waals surface area contributed by atoms with Gasteiger partial charge in [0, 0.05) is 32.4 Å². The van der Waals surface area contributed by atoms with Crippen molar-refractivity contribution < 1.29 is 4.79 Å². The Labute approximate surface area is 116 Å². The van der Waals surface area contributed by atoms with Crippen LogP contribution in [0.1, 0.15) is 19.3 Å². The number of hydrogen-bond acceptors (Lipinski definition) is 5. The average Bonchev–Trinajstić information content (AvgIpc) is 2.85. The maximum Gasteiger partial charge on any atom is 0.229 e. The van der Waals surface area contributed by atoms with E-state index < -0.39 is 0 Å². The number of carbonyl (C=O) groups excluding carboxylic acids is 1. The number of hydrogen-bond donors (Lipinski definition) is 1. The van der Waals surface area contributed by atoms with E-state index in [0.717, 1.165) is 25.1 Å². The quantitative estimate of drug-likeness (QED) is 0.915. The van der Waals surface area contributed by atoms with Crippen LogP contribution >= 0.6 is 0 Å². The SMILES string of the molecule is Cn1cc(Nc2nccc(N3CCCCC3=O)n2)cn1. The van der Waals surface area contributed by atoms with E-state index in [1.165, 1.54) is 0 Å². The van der Waals surface area contributed by atoms with Crippen molar-refractivity contribution in [1.82, 2.24) is 19.7 Å². The van der Waals surface area contributed by atoms with Crippen LogP contribution in [-0.4, -0.2) is 32.2 Å². The average molecular weight is 272 g/mol. The minimum Gasteiger partial charge on any atom is -0.321 e. The molecule has 20 heavy (non-hydrogen) atoms. The second-order valence-corrected chi connectivity index (χ2v) is 4.77. The largest absolute Gasteiger partial charge is 0.321 e. The van der Waals surface area contributed by atoms with Crippen molar-refractivity contribution in [2.75, 3.05) is 16.8 Å². The van der Waals surface area contributed by atoms with Crippen LogP contribution < -0.4 is 10.2 Å². The summed E-state index contributed by atoms with van der Waals surface area (Å²) in [5.74, 6) is 1.24. The molecule has 1 aliphatic rings. The Morgan fingerprint density at radius 1 is 1.35 bits per heavy atom. The highest BCUT2D eigenvalue weighted by atomic mass is 16.2. The molecule has 0 aliphatic carbocycles. The normalized spacial score (nSPS) is 15.4. The highest BCUT2D eigenvalue weighted by molar-refractivity contribution is 5.93. The lowest BCUT2D eigenvalue weighted by Gasteiger charge is -2.25. The lowest BCUT2D eigenvalue weighted by Crippen LogP contribution is -2.35. The lowest BCUT2D eigenvalue weighted by molar-refractivity contribution is -0.119. The van der Waals surface area contributed by atoms with Crippen LogP contribution in [0.5, 0.6) is 0 Å². The summed E-state index contributed by atoms with van der Waals surface area (Å²) in [6.07, 6.45) is 7.75. The molecular formula is C13H16N6O. The molecule has 2 aromatic heterocycles. The molecule has 1 amide bonds. The first-order valence-corrected chi connectivity index (χ1v) is 6.61. The van der Waals surface area contributed by atoms with Crippen LogP contribution in [-0.2, 0) is 11.8 Å². The standard InChI is InChI=1S/C13H16N6O/c1-18-9-10(8-15-18)16-13-14-6-5-11(17-13)19-7-3-2-4-12(19)20/h5-6,8-9H,2-4,7H2,1H3,(H,14,16,17). The summed E-state index contributed by atoms with van der Waals surface area (Å²) in [7, 11) is 1.84. The molecule has 1 aliphatic heterocycles. The predicted molar refractivity (Wildman–Crippen MR) is 74.7 cm³/mol. The molecule has 3 heterocycles. The summed E-state index contributed by atoms with van der Waals surface area (Å²) in [5.41, 5.74) is 0.814. The van der Waals surface area contributed by atoms with Gasteiger partial charge < -0.3 is 5.32 Å². The minimum absolute atomic E-state index is 0.127. The van der Waals surface area contributed by atoms with Crippen LogP contribution in [0, 0.1) is 0 Å². The number of rotatable bonds is 3. The number of nitrogens with zero attached hydrogens (tertiary/aromatic N) is 5. The van der Waals surface area contributed by atoms with Gasteiger partial charge in [-0.05, 0) is 18.9 Å². The molecule has 0 atom stereocenters. The molecular weight excluding hydrogens is 256 g/mol. The molecule has 7 heteroatoms. The highest BCUT2D eigenvalue weighted by Gasteiger charge is 2.20. The molecule has 0 unspecified atom stereocenters. The first-order valence-electron chi connectivity index (χ1n) is 6.61. The zero-order chi connectivity index (χ0) is 13.9. The van der Waals surface area contributed by atoms with Crippen molar-refractivity contribution in [3.63, 3.8) is 0 Å². The molecule has 1 N–H and O–H groups in total. The molecule has 0 bridgehead atoms. The van der Waals surface area contributed by atoms with E-state index >= 15 is 0 Å². The van der Waals surface area contributed by atoms with E-state index in [1.807, 2.05) is 13.2 Å². The Hall–Kier alpha value is -2.44. The van der Waals surface area contributed by atoms with Crippen LogP contribution in [0.15, 0.2) is 24.7 Å². The molecule has 3 rings (SSSR count). The van der Waals surface area contributed by atoms with E-state index in [-0.39, 0.29) is 5.91 Å². The Balaban J connectivity index is 1.80. The number of carbonyl (C=O) groups is 1. The minimum atomic E-state index is 0.127. The number of piperidine rings is 1. The Morgan fingerprint density at radius 2 is 2.25 bits per heavy atom. The van der Waals surface area contributed by atoms with Gasteiger partial charge in [-0.2, -0.15) is 10.1 Å². The van der Waals surface area contributed by atoms with Crippen molar-refractivity contribution >= 4 is 23.4 Å². The van der Waals surface area contributed by atoms with Gasteiger partial charge in [0.2, 0.25) is 11.9 Å². The van der Waals surface area contributed by atoms with Crippen molar-refractivity contribution in [2.45, 2.75) is 19.3 Å². The number of anilines is 3. The third-order valence-corrected chi connectivity index (χ3v) is 3.20. The molecule has 104 valence electrons. The van der Waals surface area contributed by atoms with Crippen LogP contribution in [0.2, 0.25) is 0 Å². The maximum atomic E-state index is 11.9. The molecule has 2 aromatic rings. The smallest absolute Gasteiger partial charge is 0.229 e. The third kappa shape index (κ3) is 2.61. The molecule has 0 saturated carbocycles. The molecule has 0 radical (unpaired) electrons. The fourth-order valence-corrected chi connectivity index (χ4v) is 2.22. The van der Waals surface area contributed by atoms with Gasteiger partial charge in [0.05, 0.1) is 11.9 Å². The van der Waals surface area contributed by atoms with Crippen molar-refractivity contribution in [3.05, 3.63) is 24.7 Å². The van der Waals surface area contributed by atoms with Gasteiger partial charge in [-0.1, -0.05) is 0 Å². The van der Waals surface area contributed by atoms with Crippen molar-refractivity contribution in [2.24, 2.45) is 7.05 Å². The van der Waals surface area contributed by atoms with Gasteiger partial charge in [-0.25, -0.2) is 4.98 Å². The summed E-state index contributed by atoms with van der Waals surface area (Å²) in [6.45, 7) is 0.724. The number of aromatic nitrogens is 4. The van der Waals surface area contributed by atoms with E-state index in [0.29, 0.717) is 18.2 Å². The molecule has 0 spiro atoms. The first kappa shape index (κ1) is 12.6. The van der Waals surface area contributed by atoms with Gasteiger partial charge in [-0.15, -0.1) is 0 Å². The Kier molecular flexibility index (Phi) is 3.32. The molecule has 7 nitrogen and oxygen atoms in total. The fraction of sp³-hybridized carbons (Fsp3) is 0.385. The van der Waals surface area contributed by atoms with Gasteiger partial charge in [0.15, 0.2) is 0 Å². The van der Waals surface area contributed by atoms with Crippen molar-refractivity contribution in [3.8, 4) is 0 Å². The van der Waals surface area contributed by atoms with Crippen LogP contribution in [0.25, 0.3) is 0 Å². The van der Waals surface area contributed by atoms with Crippen LogP contribution in [0.3, 0.4) is 0 Å². The summed E-state index contributed by atoms with van der Waals surface area (Å²) < 4.78 is 1.69. The number of amides is 1. The monoisotopic (exact) mass is 272 g/mol. The van der Waals surface area contributed by atoms with Gasteiger partial charge >= 0.3 is 0 Å². The topological polar surface area (TPSA) is 75.9 Å². The van der Waals surface area contributed by atoms with E-state index in [4.69, 9.17) is 0 Å². The van der Waals surface area contributed by atoms with Crippen molar-refractivity contribution in [1.29, 1.82) is 0 Å². The number of nitrogens with one attached hydrogen (secondary N) is 1. The highest BCUT2D eigenvalue weighted by Crippen LogP contribution is 2.20. The second kappa shape index (κ2) is 5.28. The Bertz CT molecular complexity index is 623. The lowest BCUT2D eigenvalue weighted by atomic mass is 10.1. The van der Waals surface area contributed by atoms with Gasteiger partial charge in [-0.3, -0.25) is 14.4 Å². The summed E-state index contributed by atoms with van der Waals surface area (Å²) in [4.78, 5) is 22.2. The van der Waals surface area contributed by atoms with Crippen LogP contribution in [0.4, 0.5) is 17.5 Å².